The van der Waals surface area contributed by atoms with Crippen LogP contribution in [0.15, 0.2) is 28.7 Å². The highest BCUT2D eigenvalue weighted by atomic mass is 16.5. The Morgan fingerprint density at radius 2 is 2.24 bits per heavy atom. The molecular weight excluding hydrogens is 216 g/mol. The zero-order valence-corrected chi connectivity index (χ0v) is 10.3. The zero-order valence-electron chi connectivity index (χ0n) is 10.3. The fourth-order valence-electron chi connectivity index (χ4n) is 1.67. The Labute approximate surface area is 101 Å². The Kier molecular flexibility index (Phi) is 3.32. The summed E-state index contributed by atoms with van der Waals surface area (Å²) in [5.41, 5.74) is 2.06. The quantitative estimate of drug-likeness (QED) is 0.880. The molecule has 1 aromatic carbocycles. The highest BCUT2D eigenvalue weighted by Crippen LogP contribution is 2.20. The average molecular weight is 232 g/mol. The molecule has 0 fully saturated rings. The Bertz CT molecular complexity index is 506. The molecule has 0 atom stereocenters. The summed E-state index contributed by atoms with van der Waals surface area (Å²) in [5.74, 6) is 1.73. The highest BCUT2D eigenvalue weighted by molar-refractivity contribution is 5.33. The van der Waals surface area contributed by atoms with E-state index in [0.29, 0.717) is 6.01 Å². The predicted molar refractivity (Wildman–Crippen MR) is 66.6 cm³/mol. The summed E-state index contributed by atoms with van der Waals surface area (Å²) in [7, 11) is 3.46. The fraction of sp³-hybridized carbons (Fsp3) is 0.308. The number of rotatable bonds is 4. The van der Waals surface area contributed by atoms with Crippen LogP contribution in [0.25, 0.3) is 0 Å². The summed E-state index contributed by atoms with van der Waals surface area (Å²) in [6, 6.07) is 8.50. The normalized spacial score (nSPS) is 10.3. The Morgan fingerprint density at radius 1 is 1.41 bits per heavy atom. The maximum absolute atomic E-state index is 5.58. The molecule has 90 valence electrons. The van der Waals surface area contributed by atoms with Crippen LogP contribution >= 0.6 is 0 Å². The van der Waals surface area contributed by atoms with Gasteiger partial charge in [0.1, 0.15) is 11.5 Å². The number of oxazole rings is 1. The van der Waals surface area contributed by atoms with E-state index in [1.165, 1.54) is 0 Å². The van der Waals surface area contributed by atoms with Crippen molar-refractivity contribution in [1.82, 2.24) is 4.98 Å². The van der Waals surface area contributed by atoms with Crippen molar-refractivity contribution in [3.63, 3.8) is 0 Å². The molecule has 0 saturated carbocycles. The zero-order chi connectivity index (χ0) is 12.3. The topological polar surface area (TPSA) is 47.3 Å². The molecule has 1 heterocycles. The Morgan fingerprint density at radius 3 is 2.88 bits per heavy atom. The lowest BCUT2D eigenvalue weighted by atomic mass is 10.1. The number of anilines is 1. The highest BCUT2D eigenvalue weighted by Gasteiger charge is 2.09. The van der Waals surface area contributed by atoms with E-state index in [9.17, 15) is 0 Å². The molecule has 4 nitrogen and oxygen atoms in total. The molecule has 17 heavy (non-hydrogen) atoms. The number of nitrogens with zero attached hydrogens (tertiary/aromatic N) is 1. The first-order chi connectivity index (χ1) is 8.22. The summed E-state index contributed by atoms with van der Waals surface area (Å²) in [6.45, 7) is 1.94. The van der Waals surface area contributed by atoms with E-state index in [2.05, 4.69) is 10.3 Å². The van der Waals surface area contributed by atoms with E-state index in [1.807, 2.05) is 31.2 Å². The summed E-state index contributed by atoms with van der Waals surface area (Å²) in [6.07, 6.45) is 0.720. The number of benzene rings is 1. The second-order valence-corrected chi connectivity index (χ2v) is 3.81. The van der Waals surface area contributed by atoms with Gasteiger partial charge in [0, 0.05) is 13.5 Å². The first-order valence-corrected chi connectivity index (χ1v) is 5.50. The van der Waals surface area contributed by atoms with Gasteiger partial charge in [-0.25, -0.2) is 0 Å². The second kappa shape index (κ2) is 4.91. The van der Waals surface area contributed by atoms with Crippen molar-refractivity contribution in [2.75, 3.05) is 19.5 Å². The van der Waals surface area contributed by atoms with E-state index in [1.54, 1.807) is 14.2 Å². The minimum Gasteiger partial charge on any atom is -0.497 e. The lowest BCUT2D eigenvalue weighted by Crippen LogP contribution is -1.90. The van der Waals surface area contributed by atoms with Gasteiger partial charge in [-0.1, -0.05) is 12.1 Å². The molecule has 0 amide bonds. The lowest BCUT2D eigenvalue weighted by molar-refractivity contribution is 0.414. The van der Waals surface area contributed by atoms with Gasteiger partial charge in [0.05, 0.1) is 12.8 Å². The fourth-order valence-corrected chi connectivity index (χ4v) is 1.67. The van der Waals surface area contributed by atoms with Crippen molar-refractivity contribution in [2.24, 2.45) is 0 Å². The molecule has 0 aliphatic carbocycles. The van der Waals surface area contributed by atoms with Crippen LogP contribution in [-0.4, -0.2) is 19.1 Å². The standard InChI is InChI=1S/C13H16N2O2/c1-9-12(17-13(14-2)15-9)8-10-5-4-6-11(7-10)16-3/h4-7H,8H2,1-3H3,(H,14,15). The molecule has 4 heteroatoms. The molecule has 2 aromatic rings. The van der Waals surface area contributed by atoms with Gasteiger partial charge in [-0.3, -0.25) is 0 Å². The molecule has 0 bridgehead atoms. The molecule has 2 rings (SSSR count). The van der Waals surface area contributed by atoms with Crippen LogP contribution in [0.5, 0.6) is 5.75 Å². The monoisotopic (exact) mass is 232 g/mol. The van der Waals surface area contributed by atoms with Crippen LogP contribution < -0.4 is 10.1 Å². The number of ether oxygens (including phenoxy) is 1. The van der Waals surface area contributed by atoms with Gasteiger partial charge in [0.15, 0.2) is 0 Å². The van der Waals surface area contributed by atoms with Crippen LogP contribution in [0.1, 0.15) is 17.0 Å². The third-order valence-electron chi connectivity index (χ3n) is 2.61. The predicted octanol–water partition coefficient (Wildman–Crippen LogP) is 2.62. The molecule has 0 aliphatic heterocycles. The van der Waals surface area contributed by atoms with E-state index in [0.717, 1.165) is 29.2 Å². The molecular formula is C13H16N2O2. The van der Waals surface area contributed by atoms with Crippen molar-refractivity contribution >= 4 is 6.01 Å². The van der Waals surface area contributed by atoms with E-state index < -0.39 is 0 Å². The minimum absolute atomic E-state index is 0.556. The summed E-state index contributed by atoms with van der Waals surface area (Å²) < 4.78 is 10.8. The third-order valence-corrected chi connectivity index (χ3v) is 2.61. The van der Waals surface area contributed by atoms with Gasteiger partial charge in [-0.15, -0.1) is 0 Å². The van der Waals surface area contributed by atoms with E-state index in [4.69, 9.17) is 9.15 Å². The van der Waals surface area contributed by atoms with Crippen LogP contribution in [0.3, 0.4) is 0 Å². The van der Waals surface area contributed by atoms with Gasteiger partial charge < -0.3 is 14.5 Å². The summed E-state index contributed by atoms with van der Waals surface area (Å²) in [5, 5.41) is 2.89. The number of aromatic nitrogens is 1. The van der Waals surface area contributed by atoms with Crippen LogP contribution in [0.2, 0.25) is 0 Å². The number of hydrogen-bond donors (Lipinski definition) is 1. The summed E-state index contributed by atoms with van der Waals surface area (Å²) in [4.78, 5) is 4.26. The molecule has 0 aliphatic rings. The van der Waals surface area contributed by atoms with Crippen molar-refractivity contribution in [2.45, 2.75) is 13.3 Å². The van der Waals surface area contributed by atoms with Gasteiger partial charge in [-0.05, 0) is 24.6 Å². The third kappa shape index (κ3) is 2.58. The van der Waals surface area contributed by atoms with Crippen molar-refractivity contribution < 1.29 is 9.15 Å². The van der Waals surface area contributed by atoms with Crippen molar-refractivity contribution in [3.05, 3.63) is 41.3 Å². The number of aryl methyl sites for hydroxylation is 1. The maximum Gasteiger partial charge on any atom is 0.294 e. The van der Waals surface area contributed by atoms with Gasteiger partial charge in [-0.2, -0.15) is 4.98 Å². The average Bonchev–Trinajstić information content (AvgIpc) is 2.70. The van der Waals surface area contributed by atoms with Gasteiger partial charge >= 0.3 is 0 Å². The smallest absolute Gasteiger partial charge is 0.294 e. The summed E-state index contributed by atoms with van der Waals surface area (Å²) >= 11 is 0. The molecule has 0 saturated heterocycles. The molecule has 1 aromatic heterocycles. The Hall–Kier alpha value is -1.97. The maximum atomic E-state index is 5.58. The molecule has 0 radical (unpaired) electrons. The van der Waals surface area contributed by atoms with Crippen molar-refractivity contribution in [1.29, 1.82) is 0 Å². The Balaban J connectivity index is 2.21. The van der Waals surface area contributed by atoms with E-state index >= 15 is 0 Å². The molecule has 0 unspecified atom stereocenters. The lowest BCUT2D eigenvalue weighted by Gasteiger charge is -2.02. The number of methoxy groups -OCH3 is 1. The van der Waals surface area contributed by atoms with Gasteiger partial charge in [0.25, 0.3) is 6.01 Å². The van der Waals surface area contributed by atoms with Crippen LogP contribution in [-0.2, 0) is 6.42 Å². The number of hydrogen-bond acceptors (Lipinski definition) is 4. The van der Waals surface area contributed by atoms with Crippen LogP contribution in [0, 0.1) is 6.92 Å². The second-order valence-electron chi connectivity index (χ2n) is 3.81. The first-order valence-electron chi connectivity index (χ1n) is 5.50. The molecule has 0 spiro atoms. The first kappa shape index (κ1) is 11.5. The minimum atomic E-state index is 0.556. The number of nitrogens with one attached hydrogen (secondary N) is 1. The van der Waals surface area contributed by atoms with E-state index in [-0.39, 0.29) is 0 Å². The van der Waals surface area contributed by atoms with Crippen LogP contribution in [0.4, 0.5) is 6.01 Å². The molecule has 1 N–H and O–H groups in total. The SMILES string of the molecule is CNc1nc(C)c(Cc2cccc(OC)c2)o1. The van der Waals surface area contributed by atoms with Crippen molar-refractivity contribution in [3.8, 4) is 5.75 Å². The largest absolute Gasteiger partial charge is 0.497 e. The van der Waals surface area contributed by atoms with Gasteiger partial charge in [0.2, 0.25) is 0 Å².